The number of carbonyl (C=O) groups excluding carboxylic acids is 1. The number of carbonyl (C=O) groups is 2. The molecule has 6 heteroatoms. The van der Waals surface area contributed by atoms with Crippen molar-refractivity contribution < 1.29 is 19.8 Å². The van der Waals surface area contributed by atoms with E-state index >= 15 is 0 Å². The summed E-state index contributed by atoms with van der Waals surface area (Å²) < 4.78 is 1.77. The highest BCUT2D eigenvalue weighted by Gasteiger charge is 2.10. The first-order chi connectivity index (χ1) is 9.08. The van der Waals surface area contributed by atoms with Gasteiger partial charge >= 0.3 is 5.97 Å². The molecule has 0 aliphatic rings. The summed E-state index contributed by atoms with van der Waals surface area (Å²) >= 11 is 0. The smallest absolute Gasteiger partial charge is 0.376 e. The lowest BCUT2D eigenvalue weighted by Crippen LogP contribution is -2.09. The number of aliphatic hydroxyl groups is 1. The second-order valence-corrected chi connectivity index (χ2v) is 3.72. The van der Waals surface area contributed by atoms with Crippen LogP contribution in [-0.2, 0) is 9.59 Å². The van der Waals surface area contributed by atoms with Crippen LogP contribution in [0.1, 0.15) is 5.56 Å². The predicted molar refractivity (Wildman–Crippen MR) is 66.8 cm³/mol. The van der Waals surface area contributed by atoms with E-state index in [1.165, 1.54) is 0 Å². The van der Waals surface area contributed by atoms with Gasteiger partial charge in [0.2, 0.25) is 0 Å². The maximum atomic E-state index is 10.9. The van der Waals surface area contributed by atoms with E-state index in [1.807, 2.05) is 0 Å². The Bertz CT molecular complexity index is 627. The van der Waals surface area contributed by atoms with Crippen LogP contribution in [-0.4, -0.2) is 31.5 Å². The number of benzene rings is 1. The molecule has 0 aliphatic heterocycles. The zero-order chi connectivity index (χ0) is 13.8. The van der Waals surface area contributed by atoms with Gasteiger partial charge < -0.3 is 14.8 Å². The lowest BCUT2D eigenvalue weighted by atomic mass is 10.1. The first kappa shape index (κ1) is 12.6. The number of aliphatic hydroxyl groups excluding tert-OH is 1. The van der Waals surface area contributed by atoms with Crippen molar-refractivity contribution >= 4 is 17.5 Å². The van der Waals surface area contributed by atoms with Gasteiger partial charge in [0, 0.05) is 29.7 Å². The third-order valence-electron chi connectivity index (χ3n) is 2.44. The van der Waals surface area contributed by atoms with Crippen molar-refractivity contribution in [2.24, 2.45) is 0 Å². The van der Waals surface area contributed by atoms with Crippen molar-refractivity contribution in [1.82, 2.24) is 9.55 Å². The van der Waals surface area contributed by atoms with Crippen molar-refractivity contribution in [3.63, 3.8) is 0 Å². The Morgan fingerprint density at radius 2 is 1.84 bits per heavy atom. The molecule has 1 aromatic heterocycles. The molecule has 2 rings (SSSR count). The number of carboxylic acid groups (broad SMARTS) is 1. The Balaban J connectivity index is 2.23. The van der Waals surface area contributed by atoms with E-state index in [2.05, 4.69) is 4.98 Å². The second-order valence-electron chi connectivity index (χ2n) is 3.72. The molecule has 2 N–H and O–H groups in total. The molecule has 1 heterocycles. The van der Waals surface area contributed by atoms with Crippen molar-refractivity contribution in [3.8, 4) is 5.69 Å². The lowest BCUT2D eigenvalue weighted by Gasteiger charge is -2.04. The Labute approximate surface area is 108 Å². The molecule has 0 saturated carbocycles. The van der Waals surface area contributed by atoms with Gasteiger partial charge in [-0.2, -0.15) is 0 Å². The molecule has 0 atom stereocenters. The summed E-state index contributed by atoms with van der Waals surface area (Å²) in [6.45, 7) is 0. The molecule has 0 fully saturated rings. The van der Waals surface area contributed by atoms with E-state index in [9.17, 15) is 14.7 Å². The summed E-state index contributed by atoms with van der Waals surface area (Å²) in [5.41, 5.74) is 1.19. The molecule has 0 amide bonds. The van der Waals surface area contributed by atoms with Crippen LogP contribution in [0.5, 0.6) is 0 Å². The highest BCUT2D eigenvalue weighted by atomic mass is 16.4. The van der Waals surface area contributed by atoms with Gasteiger partial charge in [-0.3, -0.25) is 4.79 Å². The minimum atomic E-state index is -1.61. The van der Waals surface area contributed by atoms with E-state index in [4.69, 9.17) is 5.11 Å². The van der Waals surface area contributed by atoms with E-state index < -0.39 is 11.8 Å². The maximum Gasteiger partial charge on any atom is 0.376 e. The summed E-state index contributed by atoms with van der Waals surface area (Å²) in [5, 5.41) is 18.1. The Hall–Kier alpha value is -2.89. The summed E-state index contributed by atoms with van der Waals surface area (Å²) in [7, 11) is 0. The monoisotopic (exact) mass is 258 g/mol. The molecular formula is C13H10N2O4. The summed E-state index contributed by atoms with van der Waals surface area (Å²) in [4.78, 5) is 25.2. The molecule has 2 aromatic rings. The standard InChI is InChI=1S/C13H10N2O4/c16-11(7-12(17)13(18)19)9-1-3-10(4-2-9)15-6-5-14-8-15/h1-8,16H,(H,18,19)/b11-7-. The van der Waals surface area contributed by atoms with E-state index in [0.29, 0.717) is 11.6 Å². The van der Waals surface area contributed by atoms with Crippen molar-refractivity contribution in [3.05, 3.63) is 54.6 Å². The number of rotatable bonds is 4. The molecule has 1 aromatic carbocycles. The SMILES string of the molecule is O=C(O)C(=O)/C=C(\O)c1ccc(-n2ccnc2)cc1. The molecule has 0 radical (unpaired) electrons. The fraction of sp³-hybridized carbons (Fsp3) is 0. The first-order valence-corrected chi connectivity index (χ1v) is 5.34. The van der Waals surface area contributed by atoms with Crippen LogP contribution in [0.3, 0.4) is 0 Å². The summed E-state index contributed by atoms with van der Waals surface area (Å²) in [5.74, 6) is -3.16. The average molecular weight is 258 g/mol. The number of ketones is 1. The van der Waals surface area contributed by atoms with Gasteiger partial charge in [0.15, 0.2) is 0 Å². The zero-order valence-electron chi connectivity index (χ0n) is 9.72. The Kier molecular flexibility index (Phi) is 3.42. The van der Waals surface area contributed by atoms with Crippen LogP contribution in [0.2, 0.25) is 0 Å². The molecule has 0 spiro atoms. The van der Waals surface area contributed by atoms with Crippen LogP contribution < -0.4 is 0 Å². The van der Waals surface area contributed by atoms with Gasteiger partial charge in [0.05, 0.1) is 6.33 Å². The van der Waals surface area contributed by atoms with Crippen LogP contribution in [0, 0.1) is 0 Å². The third-order valence-corrected chi connectivity index (χ3v) is 2.44. The zero-order valence-corrected chi connectivity index (χ0v) is 9.72. The minimum Gasteiger partial charge on any atom is -0.507 e. The maximum absolute atomic E-state index is 10.9. The Morgan fingerprint density at radius 3 is 2.37 bits per heavy atom. The van der Waals surface area contributed by atoms with Crippen molar-refractivity contribution in [2.45, 2.75) is 0 Å². The third kappa shape index (κ3) is 2.86. The lowest BCUT2D eigenvalue weighted by molar-refractivity contribution is -0.146. The fourth-order valence-electron chi connectivity index (χ4n) is 1.49. The van der Waals surface area contributed by atoms with Crippen LogP contribution in [0.4, 0.5) is 0 Å². The minimum absolute atomic E-state index is 0.360. The number of aromatic nitrogens is 2. The molecule has 0 saturated heterocycles. The molecular weight excluding hydrogens is 248 g/mol. The van der Waals surface area contributed by atoms with Gasteiger partial charge in [0.1, 0.15) is 5.76 Å². The number of carboxylic acids is 1. The van der Waals surface area contributed by atoms with Gasteiger partial charge in [-0.25, -0.2) is 9.78 Å². The van der Waals surface area contributed by atoms with Crippen LogP contribution in [0.25, 0.3) is 11.4 Å². The van der Waals surface area contributed by atoms with Crippen LogP contribution in [0.15, 0.2) is 49.1 Å². The molecule has 6 nitrogen and oxygen atoms in total. The molecule has 0 bridgehead atoms. The number of hydrogen-bond donors (Lipinski definition) is 2. The summed E-state index contributed by atoms with van der Waals surface area (Å²) in [6, 6.07) is 6.59. The van der Waals surface area contributed by atoms with Crippen molar-refractivity contribution in [2.75, 3.05) is 0 Å². The van der Waals surface area contributed by atoms with Crippen LogP contribution >= 0.6 is 0 Å². The van der Waals surface area contributed by atoms with E-state index in [1.54, 1.807) is 47.6 Å². The van der Waals surface area contributed by atoms with Gasteiger partial charge in [0.25, 0.3) is 5.78 Å². The van der Waals surface area contributed by atoms with Gasteiger partial charge in [-0.15, -0.1) is 0 Å². The Morgan fingerprint density at radius 1 is 1.16 bits per heavy atom. The molecule has 19 heavy (non-hydrogen) atoms. The largest absolute Gasteiger partial charge is 0.507 e. The van der Waals surface area contributed by atoms with Gasteiger partial charge in [-0.1, -0.05) is 0 Å². The second kappa shape index (κ2) is 5.18. The van der Waals surface area contributed by atoms with E-state index in [0.717, 1.165) is 5.69 Å². The van der Waals surface area contributed by atoms with E-state index in [-0.39, 0.29) is 5.76 Å². The highest BCUT2D eigenvalue weighted by molar-refractivity contribution is 6.38. The average Bonchev–Trinajstić information content (AvgIpc) is 2.92. The van der Waals surface area contributed by atoms with Gasteiger partial charge in [-0.05, 0) is 24.3 Å². The number of imidazole rings is 1. The summed E-state index contributed by atoms with van der Waals surface area (Å²) in [6.07, 6.45) is 5.70. The quantitative estimate of drug-likeness (QED) is 0.491. The predicted octanol–water partition coefficient (Wildman–Crippen LogP) is 1.42. The molecule has 0 unspecified atom stereocenters. The molecule has 0 aliphatic carbocycles. The molecule has 96 valence electrons. The highest BCUT2D eigenvalue weighted by Crippen LogP contribution is 2.15. The number of nitrogens with zero attached hydrogens (tertiary/aromatic N) is 2. The fourth-order valence-corrected chi connectivity index (χ4v) is 1.49. The topological polar surface area (TPSA) is 92.4 Å². The van der Waals surface area contributed by atoms with Crippen molar-refractivity contribution in [1.29, 1.82) is 0 Å². The number of aliphatic carboxylic acids is 1. The normalized spacial score (nSPS) is 11.3. The number of hydrogen-bond acceptors (Lipinski definition) is 4. The first-order valence-electron chi connectivity index (χ1n) is 5.34.